The Bertz CT molecular complexity index is 1290. The predicted octanol–water partition coefficient (Wildman–Crippen LogP) is 2.06. The highest BCUT2D eigenvalue weighted by Gasteiger charge is 2.38. The number of carbonyl (C=O) groups excluding carboxylic acids is 1. The molecule has 1 saturated heterocycles. The van der Waals surface area contributed by atoms with Gasteiger partial charge in [0.2, 0.25) is 0 Å². The molecule has 186 valence electrons. The topological polar surface area (TPSA) is 135 Å². The van der Waals surface area contributed by atoms with Gasteiger partial charge in [-0.2, -0.15) is 9.61 Å². The molecule has 2 atom stereocenters. The summed E-state index contributed by atoms with van der Waals surface area (Å²) < 4.78 is 8.71. The molecule has 0 radical (unpaired) electrons. The molecule has 35 heavy (non-hydrogen) atoms. The largest absolute Gasteiger partial charge is 0.388 e. The summed E-state index contributed by atoms with van der Waals surface area (Å²) in [4.78, 5) is 30.9. The smallest absolute Gasteiger partial charge is 0.274 e. The van der Waals surface area contributed by atoms with Crippen LogP contribution in [0.25, 0.3) is 5.65 Å². The molecule has 2 fully saturated rings. The molecule has 3 aromatic rings. The molecule has 2 aliphatic rings. The Morgan fingerprint density at radius 2 is 2.09 bits per heavy atom. The maximum atomic E-state index is 13.2. The first-order chi connectivity index (χ1) is 16.9. The van der Waals surface area contributed by atoms with Crippen molar-refractivity contribution >= 4 is 28.9 Å². The average Bonchev–Trinajstić information content (AvgIpc) is 3.43. The minimum atomic E-state index is -0.938. The van der Waals surface area contributed by atoms with Crippen molar-refractivity contribution in [3.63, 3.8) is 0 Å². The lowest BCUT2D eigenvalue weighted by molar-refractivity contribution is 0.0368. The third-order valence-corrected chi connectivity index (χ3v) is 7.03. The predicted molar refractivity (Wildman–Crippen MR) is 131 cm³/mol. The van der Waals surface area contributed by atoms with Crippen LogP contribution in [0, 0.1) is 0 Å². The monoisotopic (exact) mass is 481 g/mol. The fourth-order valence-corrected chi connectivity index (χ4v) is 4.97. The van der Waals surface area contributed by atoms with Crippen LogP contribution >= 0.6 is 0 Å². The second-order valence-electron chi connectivity index (χ2n) is 9.45. The van der Waals surface area contributed by atoms with Gasteiger partial charge in [-0.1, -0.05) is 0 Å². The number of ether oxygens (including phenoxy) is 1. The molecular formula is C24H31N7O4. The van der Waals surface area contributed by atoms with Crippen LogP contribution in [0.5, 0.6) is 0 Å². The van der Waals surface area contributed by atoms with Crippen molar-refractivity contribution in [3.8, 4) is 0 Å². The van der Waals surface area contributed by atoms with E-state index in [-0.39, 0.29) is 23.6 Å². The molecule has 4 heterocycles. The van der Waals surface area contributed by atoms with Crippen molar-refractivity contribution in [1.82, 2.24) is 24.5 Å². The minimum Gasteiger partial charge on any atom is -0.388 e. The molecule has 3 aromatic heterocycles. The number of hydrogen-bond donors (Lipinski definition) is 4. The third kappa shape index (κ3) is 4.48. The summed E-state index contributed by atoms with van der Waals surface area (Å²) in [6.45, 7) is 3.02. The van der Waals surface area contributed by atoms with E-state index in [2.05, 4.69) is 26.0 Å². The molecule has 11 nitrogen and oxygen atoms in total. The highest BCUT2D eigenvalue weighted by molar-refractivity contribution is 6.00. The van der Waals surface area contributed by atoms with E-state index in [0.717, 1.165) is 19.3 Å². The minimum absolute atomic E-state index is 0.0965. The van der Waals surface area contributed by atoms with Gasteiger partial charge < -0.3 is 30.4 Å². The Labute approximate surface area is 202 Å². The molecule has 2 unspecified atom stereocenters. The molecule has 11 heteroatoms. The maximum absolute atomic E-state index is 13.2. The number of pyridine rings is 1. The second kappa shape index (κ2) is 9.31. The summed E-state index contributed by atoms with van der Waals surface area (Å²) in [6.07, 6.45) is 7.06. The molecule has 1 aliphatic heterocycles. The number of aromatic nitrogens is 4. The van der Waals surface area contributed by atoms with Crippen LogP contribution in [0.2, 0.25) is 0 Å². The number of hydrogen-bond acceptors (Lipinski definition) is 8. The molecule has 1 saturated carbocycles. The first-order valence-corrected chi connectivity index (χ1v) is 12.0. The van der Waals surface area contributed by atoms with E-state index in [4.69, 9.17) is 4.74 Å². The Balaban J connectivity index is 1.46. The number of amides is 1. The number of fused-ring (bicyclic) bond motifs is 1. The molecule has 0 spiro atoms. The fraction of sp³-hybridized carbons (Fsp3) is 0.500. The van der Waals surface area contributed by atoms with Crippen molar-refractivity contribution < 1.29 is 14.6 Å². The van der Waals surface area contributed by atoms with Gasteiger partial charge in [0.1, 0.15) is 22.9 Å². The van der Waals surface area contributed by atoms with Crippen LogP contribution < -0.4 is 21.5 Å². The van der Waals surface area contributed by atoms with Gasteiger partial charge >= 0.3 is 0 Å². The maximum Gasteiger partial charge on any atom is 0.274 e. The molecule has 1 aliphatic carbocycles. The molecule has 5 rings (SSSR count). The lowest BCUT2D eigenvalue weighted by Crippen LogP contribution is -2.47. The Morgan fingerprint density at radius 1 is 1.29 bits per heavy atom. The third-order valence-electron chi connectivity index (χ3n) is 7.03. The molecule has 0 aromatic carbocycles. The second-order valence-corrected chi connectivity index (χ2v) is 9.45. The van der Waals surface area contributed by atoms with Crippen LogP contribution in [0.4, 0.5) is 17.3 Å². The molecular weight excluding hydrogens is 450 g/mol. The van der Waals surface area contributed by atoms with Gasteiger partial charge in [-0.15, -0.1) is 0 Å². The van der Waals surface area contributed by atoms with Crippen molar-refractivity contribution in [2.75, 3.05) is 30.9 Å². The van der Waals surface area contributed by atoms with Crippen molar-refractivity contribution in [3.05, 3.63) is 46.5 Å². The van der Waals surface area contributed by atoms with Crippen molar-refractivity contribution in [1.29, 1.82) is 0 Å². The van der Waals surface area contributed by atoms with Crippen LogP contribution in [0.15, 0.2) is 35.4 Å². The zero-order valence-corrected chi connectivity index (χ0v) is 20.0. The molecule has 1 amide bonds. The van der Waals surface area contributed by atoms with Gasteiger partial charge in [0.05, 0.1) is 17.8 Å². The van der Waals surface area contributed by atoms with Gasteiger partial charge in [-0.05, 0) is 51.2 Å². The van der Waals surface area contributed by atoms with Crippen LogP contribution in [0.3, 0.4) is 0 Å². The summed E-state index contributed by atoms with van der Waals surface area (Å²) in [6, 6.07) is 5.05. The van der Waals surface area contributed by atoms with E-state index in [9.17, 15) is 14.7 Å². The van der Waals surface area contributed by atoms with Crippen molar-refractivity contribution in [2.45, 2.75) is 56.7 Å². The first-order valence-electron chi connectivity index (χ1n) is 12.0. The Kier molecular flexibility index (Phi) is 6.20. The normalized spacial score (nSPS) is 22.9. The van der Waals surface area contributed by atoms with Crippen molar-refractivity contribution in [2.24, 2.45) is 0 Å². The van der Waals surface area contributed by atoms with Gasteiger partial charge in [-0.3, -0.25) is 9.59 Å². The Morgan fingerprint density at radius 3 is 2.80 bits per heavy atom. The number of nitrogens with zero attached hydrogens (tertiary/aromatic N) is 4. The summed E-state index contributed by atoms with van der Waals surface area (Å²) in [5.41, 5.74) is -0.0461. The fourth-order valence-electron chi connectivity index (χ4n) is 4.97. The van der Waals surface area contributed by atoms with Crippen LogP contribution in [0.1, 0.15) is 55.4 Å². The number of carbonyl (C=O) groups is 1. The highest BCUT2D eigenvalue weighted by Crippen LogP contribution is 2.30. The van der Waals surface area contributed by atoms with Gasteiger partial charge in [0.15, 0.2) is 5.65 Å². The SMILES string of the molecule is CNc1cc(Nc2cccn(C3CCOCC3)c2=O)nc2c(C(=O)NC3CCCC3(C)O)cnn12. The average molecular weight is 482 g/mol. The summed E-state index contributed by atoms with van der Waals surface area (Å²) in [5, 5.41) is 24.0. The standard InChI is InChI=1S/C24H31N7O4/c1-24(34)9-3-6-18(24)28-22(32)16-14-26-31-20(25-2)13-19(29-21(16)31)27-17-5-4-10-30(23(17)33)15-7-11-35-12-8-15/h4-5,10,13-15,18,25,34H,3,6-9,11-12H2,1-2H3,(H,27,29)(H,28,32). The van der Waals surface area contributed by atoms with Crippen LogP contribution in [-0.4, -0.2) is 62.1 Å². The van der Waals surface area contributed by atoms with Crippen LogP contribution in [-0.2, 0) is 4.74 Å². The number of aliphatic hydroxyl groups is 1. The summed E-state index contributed by atoms with van der Waals surface area (Å²) >= 11 is 0. The molecule has 0 bridgehead atoms. The zero-order valence-electron chi connectivity index (χ0n) is 20.0. The number of anilines is 3. The summed E-state index contributed by atoms with van der Waals surface area (Å²) in [7, 11) is 1.75. The lowest BCUT2D eigenvalue weighted by atomic mass is 10.0. The van der Waals surface area contributed by atoms with Gasteiger partial charge in [0.25, 0.3) is 11.5 Å². The molecule has 4 N–H and O–H groups in total. The number of rotatable bonds is 6. The van der Waals surface area contributed by atoms with E-state index in [1.54, 1.807) is 36.9 Å². The lowest BCUT2D eigenvalue weighted by Gasteiger charge is -2.26. The first kappa shape index (κ1) is 23.3. The van der Waals surface area contributed by atoms with E-state index >= 15 is 0 Å². The zero-order chi connectivity index (χ0) is 24.6. The summed E-state index contributed by atoms with van der Waals surface area (Å²) in [5.74, 6) is 0.664. The van der Waals surface area contributed by atoms with E-state index in [1.807, 2.05) is 6.07 Å². The highest BCUT2D eigenvalue weighted by atomic mass is 16.5. The number of nitrogens with one attached hydrogen (secondary N) is 3. The van der Waals surface area contributed by atoms with E-state index in [1.165, 1.54) is 10.7 Å². The van der Waals surface area contributed by atoms with Gasteiger partial charge in [-0.25, -0.2) is 4.98 Å². The quantitative estimate of drug-likeness (QED) is 0.420. The van der Waals surface area contributed by atoms with E-state index in [0.29, 0.717) is 54.6 Å². The Hall–Kier alpha value is -3.44. The van der Waals surface area contributed by atoms with E-state index < -0.39 is 5.60 Å². The van der Waals surface area contributed by atoms with Gasteiger partial charge in [0, 0.05) is 38.6 Å².